The number of sulfonamides is 1. The van der Waals surface area contributed by atoms with E-state index in [1.54, 1.807) is 18.2 Å². The summed E-state index contributed by atoms with van der Waals surface area (Å²) >= 11 is 0. The van der Waals surface area contributed by atoms with E-state index < -0.39 is 33.9 Å². The number of fused-ring (bicyclic) bond motifs is 1. The first-order valence-electron chi connectivity index (χ1n) is 15.5. The third-order valence-corrected chi connectivity index (χ3v) is 8.83. The minimum Gasteiger partial charge on any atom is -0.377 e. The molecule has 0 aliphatic carbocycles. The Kier molecular flexibility index (Phi) is 15.7. The van der Waals surface area contributed by atoms with E-state index in [-0.39, 0.29) is 48.5 Å². The standard InChI is InChI=1S/C30H49N11O5S/c1-41(2)24-14-6-11-21-20(24)10-7-15-25(21)47(45,46)38-19-5-3-4-16-26(42)39-23(13-9-18-37-30(34)35)28(44)40-22(27(31)43)12-8-17-36-29(32)33/h6-7,10-11,14-15,22-23,38H,3-5,8-9,12-13,16-19H2,1-2H3,(H2,31,43)(H,39,42)(H,40,44)(H4,32,33,36)(H4,34,35,37)/p+2/t22-,23-/m1/s1. The summed E-state index contributed by atoms with van der Waals surface area (Å²) in [5.41, 5.74) is 28.0. The summed E-state index contributed by atoms with van der Waals surface area (Å²) in [5, 5.41) is 6.83. The summed E-state index contributed by atoms with van der Waals surface area (Å²) in [4.78, 5) is 45.5. The molecule has 0 aliphatic rings. The zero-order valence-electron chi connectivity index (χ0n) is 27.2. The summed E-state index contributed by atoms with van der Waals surface area (Å²) in [6.07, 6.45) is 3.06. The van der Waals surface area contributed by atoms with Crippen molar-refractivity contribution in [2.24, 2.45) is 28.7 Å². The van der Waals surface area contributed by atoms with Gasteiger partial charge in [0.05, 0.1) is 18.0 Å². The summed E-state index contributed by atoms with van der Waals surface area (Å²) < 4.78 is 28.9. The molecular formula is C30H51N11O5S+2. The van der Waals surface area contributed by atoms with E-state index in [1.165, 1.54) is 0 Å². The molecule has 15 N–H and O–H groups in total. The third-order valence-electron chi connectivity index (χ3n) is 7.31. The molecule has 0 saturated heterocycles. The monoisotopic (exact) mass is 677 g/mol. The van der Waals surface area contributed by atoms with Crippen LogP contribution < -0.4 is 58.9 Å². The van der Waals surface area contributed by atoms with Crippen LogP contribution in [0, 0.1) is 0 Å². The number of unbranched alkanes of at least 4 members (excludes halogenated alkanes) is 2. The van der Waals surface area contributed by atoms with Crippen molar-refractivity contribution >= 4 is 56.1 Å². The van der Waals surface area contributed by atoms with Gasteiger partial charge in [-0.1, -0.05) is 30.7 Å². The van der Waals surface area contributed by atoms with E-state index in [4.69, 9.17) is 28.7 Å². The van der Waals surface area contributed by atoms with Crippen molar-refractivity contribution in [1.82, 2.24) is 15.4 Å². The number of benzene rings is 2. The molecule has 0 heterocycles. The lowest BCUT2D eigenvalue weighted by Crippen LogP contribution is -2.78. The van der Waals surface area contributed by atoms with Crippen LogP contribution in [0.2, 0.25) is 0 Å². The van der Waals surface area contributed by atoms with E-state index in [0.29, 0.717) is 50.6 Å². The number of hydrogen-bond acceptors (Lipinski definition) is 6. The minimum absolute atomic E-state index is 0.0330. The normalized spacial score (nSPS) is 12.5. The fraction of sp³-hybridized carbons (Fsp3) is 0.500. The van der Waals surface area contributed by atoms with Crippen molar-refractivity contribution in [3.63, 3.8) is 0 Å². The zero-order valence-corrected chi connectivity index (χ0v) is 28.0. The Balaban J connectivity index is 1.91. The Morgan fingerprint density at radius 2 is 1.36 bits per heavy atom. The van der Waals surface area contributed by atoms with Crippen molar-refractivity contribution in [2.75, 3.05) is 38.6 Å². The fourth-order valence-electron chi connectivity index (χ4n) is 4.93. The van der Waals surface area contributed by atoms with Crippen molar-refractivity contribution in [1.29, 1.82) is 0 Å². The number of carbonyl (C=O) groups is 3. The van der Waals surface area contributed by atoms with Gasteiger partial charge in [0.2, 0.25) is 27.7 Å². The molecule has 2 rings (SSSR count). The molecule has 17 heteroatoms. The van der Waals surface area contributed by atoms with Gasteiger partial charge in [-0.25, -0.2) is 13.1 Å². The number of carbonyl (C=O) groups excluding carboxylic acids is 3. The highest BCUT2D eigenvalue weighted by molar-refractivity contribution is 7.89. The number of amides is 3. The topological polar surface area (TPSA) is 283 Å². The number of nitrogens with one attached hydrogen (secondary N) is 5. The Bertz CT molecular complexity index is 1520. The lowest BCUT2D eigenvalue weighted by molar-refractivity contribution is -0.460. The van der Waals surface area contributed by atoms with E-state index in [1.807, 2.05) is 37.2 Å². The molecule has 2 aromatic carbocycles. The molecule has 260 valence electrons. The molecule has 0 fully saturated rings. The maximum absolute atomic E-state index is 13.1. The second kappa shape index (κ2) is 19.1. The predicted molar refractivity (Wildman–Crippen MR) is 182 cm³/mol. The van der Waals surface area contributed by atoms with Crippen LogP contribution in [0.5, 0.6) is 0 Å². The molecule has 0 aliphatic heterocycles. The summed E-state index contributed by atoms with van der Waals surface area (Å²) in [5.74, 6) is -1.55. The average molecular weight is 678 g/mol. The molecular weight excluding hydrogens is 626 g/mol. The largest absolute Gasteiger partial charge is 0.377 e. The van der Waals surface area contributed by atoms with Crippen molar-refractivity contribution in [3.8, 4) is 0 Å². The molecule has 2 atom stereocenters. The van der Waals surface area contributed by atoms with E-state index in [0.717, 1.165) is 11.1 Å². The highest BCUT2D eigenvalue weighted by atomic mass is 32.2. The number of nitrogens with zero attached hydrogens (tertiary/aromatic N) is 1. The Labute approximate surface area is 276 Å². The van der Waals surface area contributed by atoms with Gasteiger partial charge in [0, 0.05) is 43.5 Å². The van der Waals surface area contributed by atoms with Gasteiger partial charge in [0.1, 0.15) is 12.1 Å². The highest BCUT2D eigenvalue weighted by Crippen LogP contribution is 2.30. The third kappa shape index (κ3) is 13.3. The summed E-state index contributed by atoms with van der Waals surface area (Å²) in [6, 6.07) is 8.86. The smallest absolute Gasteiger partial charge is 0.338 e. The molecule has 0 spiro atoms. The molecule has 47 heavy (non-hydrogen) atoms. The number of nitrogens with two attached hydrogens (primary N) is 5. The van der Waals surface area contributed by atoms with Gasteiger partial charge in [-0.3, -0.25) is 47.3 Å². The van der Waals surface area contributed by atoms with E-state index in [2.05, 4.69) is 25.3 Å². The first-order chi connectivity index (χ1) is 22.2. The van der Waals surface area contributed by atoms with Crippen LogP contribution >= 0.6 is 0 Å². The molecule has 0 aromatic heterocycles. The van der Waals surface area contributed by atoms with Crippen LogP contribution in [0.15, 0.2) is 41.3 Å². The summed E-state index contributed by atoms with van der Waals surface area (Å²) in [6.45, 7) is 0.954. The van der Waals surface area contributed by atoms with Crippen LogP contribution in [-0.2, 0) is 24.4 Å². The Morgan fingerprint density at radius 1 is 0.766 bits per heavy atom. The van der Waals surface area contributed by atoms with Gasteiger partial charge < -0.3 is 21.3 Å². The van der Waals surface area contributed by atoms with Gasteiger partial charge >= 0.3 is 11.9 Å². The fourth-order valence-corrected chi connectivity index (χ4v) is 6.23. The average Bonchev–Trinajstić information content (AvgIpc) is 3.00. The van der Waals surface area contributed by atoms with Crippen molar-refractivity contribution in [3.05, 3.63) is 36.4 Å². The first kappa shape index (κ1) is 38.5. The Hall–Kier alpha value is -4.64. The van der Waals surface area contributed by atoms with Crippen LogP contribution in [0.25, 0.3) is 10.8 Å². The number of primary amides is 1. The molecule has 0 bridgehead atoms. The predicted octanol–water partition coefficient (Wildman–Crippen LogP) is -4.53. The number of anilines is 1. The maximum Gasteiger partial charge on any atom is 0.338 e. The quantitative estimate of drug-likeness (QED) is 0.0343. The molecule has 3 amide bonds. The van der Waals surface area contributed by atoms with Crippen LogP contribution in [0.3, 0.4) is 0 Å². The molecule has 0 saturated carbocycles. The van der Waals surface area contributed by atoms with Crippen LogP contribution in [-0.4, -0.2) is 83.9 Å². The SMILES string of the molecule is CN(C)c1cccc2c(S(=O)(=O)NCCCCCC(=O)N[C@H](CCC[NH+]=C(N)N)C(=O)N[C@H](CCC[NH+]=C(N)N)C(N)=O)cccc12. The highest BCUT2D eigenvalue weighted by Gasteiger charge is 2.25. The zero-order chi connectivity index (χ0) is 35.0. The summed E-state index contributed by atoms with van der Waals surface area (Å²) in [7, 11) is 0.0416. The van der Waals surface area contributed by atoms with Gasteiger partial charge in [0.15, 0.2) is 0 Å². The van der Waals surface area contributed by atoms with Gasteiger partial charge in [-0.05, 0) is 50.7 Å². The number of guanidine groups is 2. The molecule has 0 radical (unpaired) electrons. The second-order valence-corrected chi connectivity index (χ2v) is 13.1. The Morgan fingerprint density at radius 3 is 1.96 bits per heavy atom. The lowest BCUT2D eigenvalue weighted by atomic mass is 10.1. The van der Waals surface area contributed by atoms with Crippen LogP contribution in [0.1, 0.15) is 51.4 Å². The number of hydrogen-bond donors (Lipinski definition) is 10. The lowest BCUT2D eigenvalue weighted by Gasteiger charge is -2.22. The van der Waals surface area contributed by atoms with Gasteiger partial charge in [0.25, 0.3) is 0 Å². The second-order valence-electron chi connectivity index (χ2n) is 11.4. The van der Waals surface area contributed by atoms with Gasteiger partial charge in [-0.2, -0.15) is 0 Å². The van der Waals surface area contributed by atoms with Crippen LogP contribution in [0.4, 0.5) is 5.69 Å². The van der Waals surface area contributed by atoms with Crippen molar-refractivity contribution in [2.45, 2.75) is 68.3 Å². The molecule has 2 aromatic rings. The van der Waals surface area contributed by atoms with E-state index in [9.17, 15) is 22.8 Å². The minimum atomic E-state index is -3.77. The maximum atomic E-state index is 13.1. The number of rotatable bonds is 21. The van der Waals surface area contributed by atoms with E-state index >= 15 is 0 Å². The first-order valence-corrected chi connectivity index (χ1v) is 17.0. The van der Waals surface area contributed by atoms with Gasteiger partial charge in [-0.15, -0.1) is 0 Å². The molecule has 16 nitrogen and oxygen atoms in total. The molecule has 0 unspecified atom stereocenters. The van der Waals surface area contributed by atoms with Crippen molar-refractivity contribution < 1.29 is 32.8 Å².